The van der Waals surface area contributed by atoms with Crippen molar-refractivity contribution in [3.05, 3.63) is 114 Å². The van der Waals surface area contributed by atoms with E-state index in [1.54, 1.807) is 56.3 Å². The number of carbonyl (C=O) groups is 1. The van der Waals surface area contributed by atoms with Crippen LogP contribution in [0.1, 0.15) is 49.1 Å². The minimum absolute atomic E-state index is 0.172. The van der Waals surface area contributed by atoms with E-state index in [9.17, 15) is 14.9 Å². The maximum Gasteiger partial charge on any atom is 0.338 e. The summed E-state index contributed by atoms with van der Waals surface area (Å²) in [7, 11) is 3.07. The van der Waals surface area contributed by atoms with Gasteiger partial charge in [-0.2, -0.15) is 5.26 Å². The van der Waals surface area contributed by atoms with Crippen LogP contribution in [-0.2, 0) is 16.1 Å². The van der Waals surface area contributed by atoms with Crippen LogP contribution in [0.2, 0.25) is 0 Å². The lowest BCUT2D eigenvalue weighted by Crippen LogP contribution is -2.39. The van der Waals surface area contributed by atoms with Gasteiger partial charge in [0.25, 0.3) is 5.56 Å². The van der Waals surface area contributed by atoms with E-state index >= 15 is 0 Å². The number of ether oxygens (including phenoxy) is 5. The molecule has 0 aliphatic carbocycles. The van der Waals surface area contributed by atoms with Crippen molar-refractivity contribution >= 4 is 23.4 Å². The largest absolute Gasteiger partial charge is 0.493 e. The number of rotatable bonds is 11. The second-order valence-electron chi connectivity index (χ2n) is 10.1. The number of benzene rings is 3. The number of methoxy groups -OCH3 is 2. The van der Waals surface area contributed by atoms with Gasteiger partial charge in [0.2, 0.25) is 0 Å². The SMILES string of the molecule is CCOC(=O)C1=C(C)N=c2s/c(=C/c3ccc(OCc4ccccc4C#N)c(OCC)c3)c(=O)n2[C@@H]1c1ccc(OC)c(OC)c1. The number of nitrogens with zero attached hydrogens (tertiary/aromatic N) is 3. The molecule has 0 bridgehead atoms. The number of hydrogen-bond donors (Lipinski definition) is 0. The fourth-order valence-corrected chi connectivity index (χ4v) is 6.24. The first-order valence-electron chi connectivity index (χ1n) is 14.6. The third-order valence-corrected chi connectivity index (χ3v) is 8.31. The molecule has 1 aliphatic rings. The van der Waals surface area contributed by atoms with Crippen LogP contribution in [-0.4, -0.2) is 38.0 Å². The molecule has 11 heteroatoms. The lowest BCUT2D eigenvalue weighted by atomic mass is 9.95. The Balaban J connectivity index is 1.58. The van der Waals surface area contributed by atoms with Crippen LogP contribution in [0.15, 0.2) is 81.7 Å². The van der Waals surface area contributed by atoms with Crippen molar-refractivity contribution in [2.24, 2.45) is 4.99 Å². The molecule has 0 unspecified atom stereocenters. The molecule has 4 aromatic rings. The summed E-state index contributed by atoms with van der Waals surface area (Å²) in [5.41, 5.74) is 3.07. The Morgan fingerprint density at radius 3 is 2.46 bits per heavy atom. The standard InChI is InChI=1S/C35H33N3O7S/c1-6-43-29-16-22(12-14-27(29)45-20-25-11-9-8-10-24(25)19-36)17-30-33(39)38-32(23-13-15-26(41-4)28(18-23)42-5)31(34(40)44-7-2)21(3)37-35(38)46-30/h8-18,32H,6-7,20H2,1-5H3/b30-17+/t32-/m1/s1. The van der Waals surface area contributed by atoms with Gasteiger partial charge in [-0.3, -0.25) is 9.36 Å². The fourth-order valence-electron chi connectivity index (χ4n) is 5.19. The summed E-state index contributed by atoms with van der Waals surface area (Å²) >= 11 is 1.22. The molecule has 10 nitrogen and oxygen atoms in total. The molecule has 1 aromatic heterocycles. The van der Waals surface area contributed by atoms with Gasteiger partial charge in [0.05, 0.1) is 60.9 Å². The van der Waals surface area contributed by atoms with E-state index in [4.69, 9.17) is 23.7 Å². The molecule has 46 heavy (non-hydrogen) atoms. The van der Waals surface area contributed by atoms with Crippen molar-refractivity contribution < 1.29 is 28.5 Å². The Hall–Kier alpha value is -5.34. The second-order valence-corrected chi connectivity index (χ2v) is 11.1. The van der Waals surface area contributed by atoms with Gasteiger partial charge in [0, 0.05) is 5.56 Å². The van der Waals surface area contributed by atoms with Gasteiger partial charge in [-0.15, -0.1) is 0 Å². The van der Waals surface area contributed by atoms with Crippen molar-refractivity contribution in [1.82, 2.24) is 4.57 Å². The molecule has 0 spiro atoms. The van der Waals surface area contributed by atoms with Crippen LogP contribution in [0.3, 0.4) is 0 Å². The van der Waals surface area contributed by atoms with Crippen molar-refractivity contribution in [2.75, 3.05) is 27.4 Å². The Kier molecular flexibility index (Phi) is 9.88. The molecule has 1 atom stereocenters. The minimum atomic E-state index is -0.802. The third-order valence-electron chi connectivity index (χ3n) is 7.33. The van der Waals surface area contributed by atoms with Crippen LogP contribution < -0.4 is 33.8 Å². The average Bonchev–Trinajstić information content (AvgIpc) is 3.37. The molecule has 0 saturated heterocycles. The summed E-state index contributed by atoms with van der Waals surface area (Å²) in [6.45, 7) is 6.10. The smallest absolute Gasteiger partial charge is 0.338 e. The molecule has 0 saturated carbocycles. The summed E-state index contributed by atoms with van der Waals surface area (Å²) in [6.07, 6.45) is 1.76. The summed E-state index contributed by atoms with van der Waals surface area (Å²) in [5.74, 6) is 1.44. The molecule has 0 N–H and O–H groups in total. The number of thiazole rings is 1. The number of aromatic nitrogens is 1. The number of hydrogen-bond acceptors (Lipinski definition) is 10. The predicted molar refractivity (Wildman–Crippen MR) is 173 cm³/mol. The van der Waals surface area contributed by atoms with Crippen molar-refractivity contribution in [3.63, 3.8) is 0 Å². The van der Waals surface area contributed by atoms with Crippen LogP contribution in [0.4, 0.5) is 0 Å². The Labute approximate surface area is 270 Å². The first-order valence-corrected chi connectivity index (χ1v) is 15.4. The van der Waals surface area contributed by atoms with Crippen LogP contribution in [0, 0.1) is 11.3 Å². The zero-order chi connectivity index (χ0) is 32.8. The molecule has 3 aromatic carbocycles. The number of carbonyl (C=O) groups excluding carboxylic acids is 1. The Morgan fingerprint density at radius 2 is 1.74 bits per heavy atom. The van der Waals surface area contributed by atoms with E-state index in [0.717, 1.165) is 5.56 Å². The average molecular weight is 640 g/mol. The predicted octanol–water partition coefficient (Wildman–Crippen LogP) is 4.66. The highest BCUT2D eigenvalue weighted by molar-refractivity contribution is 7.07. The molecular weight excluding hydrogens is 606 g/mol. The van der Waals surface area contributed by atoms with Crippen LogP contribution >= 0.6 is 11.3 Å². The summed E-state index contributed by atoms with van der Waals surface area (Å²) in [4.78, 5) is 32.4. The first-order chi connectivity index (χ1) is 22.3. The molecule has 0 fully saturated rings. The first kappa shape index (κ1) is 32.1. The van der Waals surface area contributed by atoms with Gasteiger partial charge in [0.1, 0.15) is 6.61 Å². The van der Waals surface area contributed by atoms with E-state index in [-0.39, 0.29) is 24.3 Å². The normalized spacial score (nSPS) is 14.2. The molecule has 236 valence electrons. The van der Waals surface area contributed by atoms with Gasteiger partial charge < -0.3 is 23.7 Å². The maximum atomic E-state index is 14.1. The third kappa shape index (κ3) is 6.39. The Morgan fingerprint density at radius 1 is 0.978 bits per heavy atom. The fraction of sp³-hybridized carbons (Fsp3) is 0.257. The van der Waals surface area contributed by atoms with Gasteiger partial charge in [-0.1, -0.05) is 41.7 Å². The molecule has 0 radical (unpaired) electrons. The second kappa shape index (κ2) is 14.2. The van der Waals surface area contributed by atoms with Gasteiger partial charge in [0.15, 0.2) is 27.8 Å². The highest BCUT2D eigenvalue weighted by Gasteiger charge is 2.34. The summed E-state index contributed by atoms with van der Waals surface area (Å²) < 4.78 is 30.2. The molecule has 1 aliphatic heterocycles. The number of nitriles is 1. The lowest BCUT2D eigenvalue weighted by molar-refractivity contribution is -0.139. The monoisotopic (exact) mass is 639 g/mol. The number of allylic oxidation sites excluding steroid dienone is 1. The van der Waals surface area contributed by atoms with E-state index in [0.29, 0.717) is 61.3 Å². The number of esters is 1. The maximum absolute atomic E-state index is 14.1. The molecular formula is C35H33N3O7S. The zero-order valence-corrected chi connectivity index (χ0v) is 27.0. The van der Waals surface area contributed by atoms with E-state index in [1.807, 2.05) is 31.2 Å². The highest BCUT2D eigenvalue weighted by atomic mass is 32.1. The molecule has 5 rings (SSSR count). The van der Waals surface area contributed by atoms with E-state index < -0.39 is 12.0 Å². The van der Waals surface area contributed by atoms with Gasteiger partial charge in [-0.05, 0) is 68.3 Å². The zero-order valence-electron chi connectivity index (χ0n) is 26.2. The summed E-state index contributed by atoms with van der Waals surface area (Å²) in [5, 5.41) is 9.42. The topological polar surface area (TPSA) is 121 Å². The van der Waals surface area contributed by atoms with Crippen LogP contribution in [0.25, 0.3) is 6.08 Å². The van der Waals surface area contributed by atoms with Crippen molar-refractivity contribution in [2.45, 2.75) is 33.4 Å². The van der Waals surface area contributed by atoms with Gasteiger partial charge >= 0.3 is 5.97 Å². The Bertz CT molecular complexity index is 2040. The van der Waals surface area contributed by atoms with Crippen LogP contribution in [0.5, 0.6) is 23.0 Å². The van der Waals surface area contributed by atoms with E-state index in [1.165, 1.54) is 30.1 Å². The molecule has 2 heterocycles. The van der Waals surface area contributed by atoms with Crippen molar-refractivity contribution in [1.29, 1.82) is 5.26 Å². The quantitative estimate of drug-likeness (QED) is 0.217. The van der Waals surface area contributed by atoms with E-state index in [2.05, 4.69) is 11.1 Å². The number of fused-ring (bicyclic) bond motifs is 1. The highest BCUT2D eigenvalue weighted by Crippen LogP contribution is 2.36. The van der Waals surface area contributed by atoms with Gasteiger partial charge in [-0.25, -0.2) is 9.79 Å². The summed E-state index contributed by atoms with van der Waals surface area (Å²) in [6, 6.07) is 19.3. The molecule has 0 amide bonds. The minimum Gasteiger partial charge on any atom is -0.493 e. The lowest BCUT2D eigenvalue weighted by Gasteiger charge is -2.25. The van der Waals surface area contributed by atoms with Crippen molar-refractivity contribution in [3.8, 4) is 29.1 Å².